The van der Waals surface area contributed by atoms with Crippen LogP contribution in [0.4, 0.5) is 5.69 Å². The molecule has 134 valence electrons. The Hall–Kier alpha value is -1.30. The lowest BCUT2D eigenvalue weighted by Crippen LogP contribution is -2.30. The van der Waals surface area contributed by atoms with Gasteiger partial charge in [-0.1, -0.05) is 12.5 Å². The predicted molar refractivity (Wildman–Crippen MR) is 97.2 cm³/mol. The zero-order valence-corrected chi connectivity index (χ0v) is 14.8. The Labute approximate surface area is 149 Å². The van der Waals surface area contributed by atoms with Crippen molar-refractivity contribution in [3.8, 4) is 0 Å². The summed E-state index contributed by atoms with van der Waals surface area (Å²) < 4.78 is 5.38. The van der Waals surface area contributed by atoms with Crippen LogP contribution in [0.25, 0.3) is 0 Å². The fourth-order valence-corrected chi connectivity index (χ4v) is 3.43. The number of halogens is 1. The second-order valence-corrected chi connectivity index (χ2v) is 6.55. The van der Waals surface area contributed by atoms with Crippen LogP contribution in [0.15, 0.2) is 18.2 Å². The first-order chi connectivity index (χ1) is 11.2. The number of aromatic carboxylic acids is 1. The minimum atomic E-state index is -0.871. The fourth-order valence-electron chi connectivity index (χ4n) is 3.43. The molecule has 0 spiro atoms. The molecule has 24 heavy (non-hydrogen) atoms. The molecule has 0 aromatic heterocycles. The third-order valence-corrected chi connectivity index (χ3v) is 4.75. The molecule has 2 N–H and O–H groups in total. The summed E-state index contributed by atoms with van der Waals surface area (Å²) in [6, 6.07) is 6.01. The van der Waals surface area contributed by atoms with E-state index in [1.807, 2.05) is 12.1 Å². The number of piperidine rings is 1. The molecule has 2 heterocycles. The van der Waals surface area contributed by atoms with Crippen molar-refractivity contribution in [2.45, 2.75) is 44.7 Å². The molecule has 2 fully saturated rings. The molecule has 0 bridgehead atoms. The monoisotopic (exact) mass is 354 g/mol. The summed E-state index contributed by atoms with van der Waals surface area (Å²) >= 11 is 0. The van der Waals surface area contributed by atoms with Gasteiger partial charge in [-0.3, -0.25) is 4.90 Å². The van der Waals surface area contributed by atoms with Crippen LogP contribution in [0.2, 0.25) is 0 Å². The van der Waals surface area contributed by atoms with Crippen LogP contribution in [-0.2, 0) is 11.3 Å². The summed E-state index contributed by atoms with van der Waals surface area (Å²) in [5, 5.41) is 12.9. The van der Waals surface area contributed by atoms with Gasteiger partial charge in [0.05, 0.1) is 5.56 Å². The molecule has 2 aliphatic heterocycles. The smallest absolute Gasteiger partial charge is 0.337 e. The molecule has 0 saturated carbocycles. The third kappa shape index (κ3) is 5.10. The number of carboxylic acids is 1. The average Bonchev–Trinajstić information content (AvgIpc) is 2.57. The lowest BCUT2D eigenvalue weighted by atomic mass is 10.0. The Morgan fingerprint density at radius 1 is 1.21 bits per heavy atom. The summed E-state index contributed by atoms with van der Waals surface area (Å²) in [7, 11) is 0. The predicted octanol–water partition coefficient (Wildman–Crippen LogP) is 3.38. The molecule has 0 amide bonds. The molecule has 0 atom stereocenters. The Kier molecular flexibility index (Phi) is 7.34. The van der Waals surface area contributed by atoms with Crippen LogP contribution in [0.5, 0.6) is 0 Å². The topological polar surface area (TPSA) is 61.8 Å². The fraction of sp³-hybridized carbons (Fsp3) is 0.611. The van der Waals surface area contributed by atoms with Gasteiger partial charge in [0.2, 0.25) is 0 Å². The number of carboxylic acid groups (broad SMARTS) is 1. The summed E-state index contributed by atoms with van der Waals surface area (Å²) in [5.74, 6) is -0.871. The van der Waals surface area contributed by atoms with E-state index >= 15 is 0 Å². The number of rotatable bonds is 5. The number of benzene rings is 1. The highest BCUT2D eigenvalue weighted by Crippen LogP contribution is 2.23. The SMILES string of the molecule is Cl.O=C(O)c1ccc(CN2CCCCC2)cc1NC1CCOCC1. The third-order valence-electron chi connectivity index (χ3n) is 4.75. The van der Waals surface area contributed by atoms with Crippen LogP contribution in [0.3, 0.4) is 0 Å². The van der Waals surface area contributed by atoms with E-state index in [2.05, 4.69) is 10.2 Å². The standard InChI is InChI=1S/C18H26N2O3.ClH/c21-18(22)16-5-4-14(13-20-8-2-1-3-9-20)12-17(16)19-15-6-10-23-11-7-15;/h4-5,12,15,19H,1-3,6-11,13H2,(H,21,22);1H. The van der Waals surface area contributed by atoms with E-state index in [0.29, 0.717) is 11.6 Å². The normalized spacial score (nSPS) is 19.5. The number of likely N-dealkylation sites (tertiary alicyclic amines) is 1. The van der Waals surface area contributed by atoms with Gasteiger partial charge in [-0.2, -0.15) is 0 Å². The van der Waals surface area contributed by atoms with Gasteiger partial charge < -0.3 is 15.2 Å². The van der Waals surface area contributed by atoms with E-state index in [0.717, 1.165) is 51.4 Å². The summed E-state index contributed by atoms with van der Waals surface area (Å²) in [5.41, 5.74) is 2.30. The zero-order chi connectivity index (χ0) is 16.1. The van der Waals surface area contributed by atoms with E-state index in [4.69, 9.17) is 4.74 Å². The van der Waals surface area contributed by atoms with Crippen LogP contribution in [0.1, 0.15) is 48.0 Å². The van der Waals surface area contributed by atoms with Crippen LogP contribution in [-0.4, -0.2) is 48.3 Å². The van der Waals surface area contributed by atoms with Crippen molar-refractivity contribution >= 4 is 24.1 Å². The van der Waals surface area contributed by atoms with Gasteiger partial charge in [0.25, 0.3) is 0 Å². The van der Waals surface area contributed by atoms with Crippen LogP contribution >= 0.6 is 12.4 Å². The average molecular weight is 355 g/mol. The van der Waals surface area contributed by atoms with E-state index in [1.54, 1.807) is 6.07 Å². The van der Waals surface area contributed by atoms with Crippen molar-refractivity contribution < 1.29 is 14.6 Å². The number of nitrogens with zero attached hydrogens (tertiary/aromatic N) is 1. The number of nitrogens with one attached hydrogen (secondary N) is 1. The largest absolute Gasteiger partial charge is 0.478 e. The molecule has 0 aliphatic carbocycles. The zero-order valence-electron chi connectivity index (χ0n) is 14.0. The number of anilines is 1. The molecular weight excluding hydrogens is 328 g/mol. The lowest BCUT2D eigenvalue weighted by Gasteiger charge is -2.28. The summed E-state index contributed by atoms with van der Waals surface area (Å²) in [6.45, 7) is 4.68. The molecule has 6 heteroatoms. The molecule has 3 rings (SSSR count). The van der Waals surface area contributed by atoms with E-state index < -0.39 is 5.97 Å². The first-order valence-electron chi connectivity index (χ1n) is 8.65. The maximum absolute atomic E-state index is 11.5. The number of ether oxygens (including phenoxy) is 1. The maximum atomic E-state index is 11.5. The minimum Gasteiger partial charge on any atom is -0.478 e. The number of hydrogen-bond acceptors (Lipinski definition) is 4. The van der Waals surface area contributed by atoms with Gasteiger partial charge in [-0.25, -0.2) is 4.79 Å². The van der Waals surface area contributed by atoms with Crippen molar-refractivity contribution in [3.05, 3.63) is 29.3 Å². The lowest BCUT2D eigenvalue weighted by molar-refractivity contribution is 0.0697. The van der Waals surface area contributed by atoms with Gasteiger partial charge in [0.1, 0.15) is 0 Å². The van der Waals surface area contributed by atoms with Gasteiger partial charge in [-0.05, 0) is 56.5 Å². The van der Waals surface area contributed by atoms with Crippen molar-refractivity contribution in [1.29, 1.82) is 0 Å². The Morgan fingerprint density at radius 3 is 2.58 bits per heavy atom. The van der Waals surface area contributed by atoms with E-state index in [-0.39, 0.29) is 12.4 Å². The van der Waals surface area contributed by atoms with Gasteiger partial charge in [0, 0.05) is 31.5 Å². The molecule has 2 aliphatic rings. The summed E-state index contributed by atoms with van der Waals surface area (Å²) in [4.78, 5) is 13.9. The van der Waals surface area contributed by atoms with Crippen LogP contribution in [0, 0.1) is 0 Å². The van der Waals surface area contributed by atoms with Crippen LogP contribution < -0.4 is 5.32 Å². The van der Waals surface area contributed by atoms with Crippen molar-refractivity contribution in [1.82, 2.24) is 4.90 Å². The Bertz CT molecular complexity index is 541. The second-order valence-electron chi connectivity index (χ2n) is 6.55. The van der Waals surface area contributed by atoms with Crippen molar-refractivity contribution in [2.24, 2.45) is 0 Å². The molecule has 0 unspecified atom stereocenters. The minimum absolute atomic E-state index is 0. The second kappa shape index (κ2) is 9.25. The molecule has 5 nitrogen and oxygen atoms in total. The highest BCUT2D eigenvalue weighted by molar-refractivity contribution is 5.94. The highest BCUT2D eigenvalue weighted by atomic mass is 35.5. The Morgan fingerprint density at radius 2 is 1.92 bits per heavy atom. The first kappa shape index (κ1) is 19.0. The first-order valence-corrected chi connectivity index (χ1v) is 8.65. The summed E-state index contributed by atoms with van der Waals surface area (Å²) in [6.07, 6.45) is 5.70. The molecular formula is C18H27ClN2O3. The molecule has 2 saturated heterocycles. The Balaban J connectivity index is 0.00000208. The quantitative estimate of drug-likeness (QED) is 0.848. The molecule has 0 radical (unpaired) electrons. The van der Waals surface area contributed by atoms with Crippen molar-refractivity contribution in [2.75, 3.05) is 31.6 Å². The van der Waals surface area contributed by atoms with E-state index in [9.17, 15) is 9.90 Å². The van der Waals surface area contributed by atoms with E-state index in [1.165, 1.54) is 24.8 Å². The van der Waals surface area contributed by atoms with Gasteiger partial charge in [0.15, 0.2) is 0 Å². The van der Waals surface area contributed by atoms with Crippen molar-refractivity contribution in [3.63, 3.8) is 0 Å². The highest BCUT2D eigenvalue weighted by Gasteiger charge is 2.18. The number of carbonyl (C=O) groups is 1. The molecule has 1 aromatic rings. The van der Waals surface area contributed by atoms with Gasteiger partial charge in [-0.15, -0.1) is 12.4 Å². The number of hydrogen-bond donors (Lipinski definition) is 2. The van der Waals surface area contributed by atoms with Gasteiger partial charge >= 0.3 is 5.97 Å². The molecule has 1 aromatic carbocycles. The maximum Gasteiger partial charge on any atom is 0.337 e.